The molecule has 19 heavy (non-hydrogen) atoms. The van der Waals surface area contributed by atoms with Crippen molar-refractivity contribution < 1.29 is 9.59 Å². The van der Waals surface area contributed by atoms with Crippen LogP contribution in [0.1, 0.15) is 33.6 Å². The van der Waals surface area contributed by atoms with Crippen molar-refractivity contribution in [2.24, 2.45) is 5.92 Å². The van der Waals surface area contributed by atoms with Gasteiger partial charge in [-0.05, 0) is 32.2 Å². The predicted molar refractivity (Wildman–Crippen MR) is 75.8 cm³/mol. The number of amides is 2. The highest BCUT2D eigenvalue weighted by Gasteiger charge is 2.22. The van der Waals surface area contributed by atoms with Gasteiger partial charge in [0, 0.05) is 19.6 Å². The third-order valence-corrected chi connectivity index (χ3v) is 3.68. The maximum absolute atomic E-state index is 12.2. The van der Waals surface area contributed by atoms with E-state index in [9.17, 15) is 9.59 Å². The molecule has 5 heteroatoms. The van der Waals surface area contributed by atoms with Crippen LogP contribution in [-0.2, 0) is 9.59 Å². The Morgan fingerprint density at radius 1 is 1.21 bits per heavy atom. The van der Waals surface area contributed by atoms with Crippen LogP contribution in [0.5, 0.6) is 0 Å². The van der Waals surface area contributed by atoms with Crippen LogP contribution in [0.4, 0.5) is 0 Å². The molecule has 1 N–H and O–H groups in total. The van der Waals surface area contributed by atoms with Crippen molar-refractivity contribution >= 4 is 11.8 Å². The first-order valence-electron chi connectivity index (χ1n) is 7.33. The standard InChI is InChI=1S/C14H27N3O2/c1-4-15-13(18)10-16(5-2)11-14(19)17-8-6-12(3)7-9-17/h12H,4-11H2,1-3H3,(H,15,18). The van der Waals surface area contributed by atoms with Crippen LogP contribution in [0.3, 0.4) is 0 Å². The fourth-order valence-corrected chi connectivity index (χ4v) is 2.28. The summed E-state index contributed by atoms with van der Waals surface area (Å²) in [7, 11) is 0. The highest BCUT2D eigenvalue weighted by atomic mass is 16.2. The molecule has 110 valence electrons. The molecule has 0 aromatic heterocycles. The second-order valence-electron chi connectivity index (χ2n) is 5.32. The van der Waals surface area contributed by atoms with Crippen molar-refractivity contribution in [3.05, 3.63) is 0 Å². The van der Waals surface area contributed by atoms with E-state index < -0.39 is 0 Å². The molecule has 0 unspecified atom stereocenters. The first-order chi connectivity index (χ1) is 9.06. The summed E-state index contributed by atoms with van der Waals surface area (Å²) in [6.45, 7) is 9.83. The maximum Gasteiger partial charge on any atom is 0.236 e. The van der Waals surface area contributed by atoms with Gasteiger partial charge in [-0.3, -0.25) is 14.5 Å². The number of likely N-dealkylation sites (N-methyl/N-ethyl adjacent to an activating group) is 2. The van der Waals surface area contributed by atoms with Crippen molar-refractivity contribution in [1.82, 2.24) is 15.1 Å². The molecule has 0 radical (unpaired) electrons. The summed E-state index contributed by atoms with van der Waals surface area (Å²) in [5.41, 5.74) is 0. The number of nitrogens with zero attached hydrogens (tertiary/aromatic N) is 2. The topological polar surface area (TPSA) is 52.7 Å². The lowest BCUT2D eigenvalue weighted by molar-refractivity contribution is -0.134. The van der Waals surface area contributed by atoms with Gasteiger partial charge < -0.3 is 10.2 Å². The number of carbonyl (C=O) groups is 2. The van der Waals surface area contributed by atoms with Gasteiger partial charge in [-0.15, -0.1) is 0 Å². The Morgan fingerprint density at radius 2 is 1.84 bits per heavy atom. The molecule has 0 spiro atoms. The summed E-state index contributed by atoms with van der Waals surface area (Å²) < 4.78 is 0. The van der Waals surface area contributed by atoms with Crippen LogP contribution in [0.25, 0.3) is 0 Å². The van der Waals surface area contributed by atoms with E-state index in [2.05, 4.69) is 12.2 Å². The first-order valence-corrected chi connectivity index (χ1v) is 7.33. The highest BCUT2D eigenvalue weighted by molar-refractivity contribution is 5.81. The second-order valence-corrected chi connectivity index (χ2v) is 5.32. The smallest absolute Gasteiger partial charge is 0.236 e. The fraction of sp³-hybridized carbons (Fsp3) is 0.857. The van der Waals surface area contributed by atoms with E-state index in [0.29, 0.717) is 26.2 Å². The minimum Gasteiger partial charge on any atom is -0.355 e. The lowest BCUT2D eigenvalue weighted by atomic mass is 9.99. The summed E-state index contributed by atoms with van der Waals surface area (Å²) >= 11 is 0. The SMILES string of the molecule is CCNC(=O)CN(CC)CC(=O)N1CCC(C)CC1. The molecule has 0 aromatic rings. The summed E-state index contributed by atoms with van der Waals surface area (Å²) in [5, 5.41) is 2.76. The molecule has 0 bridgehead atoms. The van der Waals surface area contributed by atoms with E-state index in [0.717, 1.165) is 31.8 Å². The Kier molecular flexibility index (Phi) is 6.84. The zero-order chi connectivity index (χ0) is 14.3. The molecular formula is C14H27N3O2. The molecule has 1 aliphatic rings. The van der Waals surface area contributed by atoms with Crippen molar-refractivity contribution in [2.75, 3.05) is 39.3 Å². The number of hydrogen-bond acceptors (Lipinski definition) is 3. The van der Waals surface area contributed by atoms with Gasteiger partial charge in [0.05, 0.1) is 13.1 Å². The zero-order valence-electron chi connectivity index (χ0n) is 12.4. The number of hydrogen-bond donors (Lipinski definition) is 1. The van der Waals surface area contributed by atoms with E-state index in [1.165, 1.54) is 0 Å². The van der Waals surface area contributed by atoms with E-state index in [-0.39, 0.29) is 11.8 Å². The van der Waals surface area contributed by atoms with Gasteiger partial charge in [0.25, 0.3) is 0 Å². The molecular weight excluding hydrogens is 242 g/mol. The average molecular weight is 269 g/mol. The van der Waals surface area contributed by atoms with Crippen LogP contribution in [0.15, 0.2) is 0 Å². The molecule has 1 aliphatic heterocycles. The lowest BCUT2D eigenvalue weighted by Gasteiger charge is -2.32. The Balaban J connectivity index is 2.38. The van der Waals surface area contributed by atoms with Crippen LogP contribution in [0.2, 0.25) is 0 Å². The molecule has 1 fully saturated rings. The summed E-state index contributed by atoms with van der Waals surface area (Å²) in [4.78, 5) is 27.5. The summed E-state index contributed by atoms with van der Waals surface area (Å²) in [6.07, 6.45) is 2.18. The predicted octanol–water partition coefficient (Wildman–Crippen LogP) is 0.703. The van der Waals surface area contributed by atoms with Gasteiger partial charge in [-0.25, -0.2) is 0 Å². The van der Waals surface area contributed by atoms with Crippen molar-refractivity contribution in [3.63, 3.8) is 0 Å². The Morgan fingerprint density at radius 3 is 2.37 bits per heavy atom. The van der Waals surface area contributed by atoms with Gasteiger partial charge >= 0.3 is 0 Å². The van der Waals surface area contributed by atoms with Gasteiger partial charge in [-0.1, -0.05) is 13.8 Å². The van der Waals surface area contributed by atoms with Gasteiger partial charge in [0.1, 0.15) is 0 Å². The van der Waals surface area contributed by atoms with Crippen molar-refractivity contribution in [2.45, 2.75) is 33.6 Å². The molecule has 0 atom stereocenters. The Hall–Kier alpha value is -1.10. The molecule has 2 amide bonds. The number of rotatable bonds is 6. The lowest BCUT2D eigenvalue weighted by Crippen LogP contribution is -2.46. The van der Waals surface area contributed by atoms with E-state index in [1.807, 2.05) is 23.6 Å². The minimum atomic E-state index is -0.00980. The Labute approximate surface area is 116 Å². The fourth-order valence-electron chi connectivity index (χ4n) is 2.28. The monoisotopic (exact) mass is 269 g/mol. The number of likely N-dealkylation sites (tertiary alicyclic amines) is 1. The third kappa shape index (κ3) is 5.59. The summed E-state index contributed by atoms with van der Waals surface area (Å²) in [5.74, 6) is 0.865. The highest BCUT2D eigenvalue weighted by Crippen LogP contribution is 2.16. The molecule has 1 saturated heterocycles. The van der Waals surface area contributed by atoms with E-state index in [1.54, 1.807) is 0 Å². The molecule has 0 aliphatic carbocycles. The number of piperidine rings is 1. The van der Waals surface area contributed by atoms with Gasteiger partial charge in [0.15, 0.2) is 0 Å². The first kappa shape index (κ1) is 16.0. The van der Waals surface area contributed by atoms with Crippen LogP contribution >= 0.6 is 0 Å². The molecule has 1 heterocycles. The second kappa shape index (κ2) is 8.15. The number of carbonyl (C=O) groups excluding carboxylic acids is 2. The Bertz CT molecular complexity index is 299. The summed E-state index contributed by atoms with van der Waals surface area (Å²) in [6, 6.07) is 0. The zero-order valence-corrected chi connectivity index (χ0v) is 12.4. The van der Waals surface area contributed by atoms with Crippen molar-refractivity contribution in [1.29, 1.82) is 0 Å². The van der Waals surface area contributed by atoms with Gasteiger partial charge in [-0.2, -0.15) is 0 Å². The van der Waals surface area contributed by atoms with Crippen LogP contribution in [0, 0.1) is 5.92 Å². The average Bonchev–Trinajstić information content (AvgIpc) is 2.38. The molecule has 1 rings (SSSR count). The largest absolute Gasteiger partial charge is 0.355 e. The van der Waals surface area contributed by atoms with Gasteiger partial charge in [0.2, 0.25) is 11.8 Å². The van der Waals surface area contributed by atoms with Crippen LogP contribution in [-0.4, -0.2) is 60.9 Å². The quantitative estimate of drug-likeness (QED) is 0.772. The number of nitrogens with one attached hydrogen (secondary N) is 1. The molecule has 0 aromatic carbocycles. The maximum atomic E-state index is 12.2. The van der Waals surface area contributed by atoms with E-state index >= 15 is 0 Å². The van der Waals surface area contributed by atoms with Crippen molar-refractivity contribution in [3.8, 4) is 0 Å². The van der Waals surface area contributed by atoms with E-state index in [4.69, 9.17) is 0 Å². The molecule has 0 saturated carbocycles. The third-order valence-electron chi connectivity index (χ3n) is 3.68. The normalized spacial score (nSPS) is 16.7. The minimum absolute atomic E-state index is 0.00980. The molecule has 5 nitrogen and oxygen atoms in total. The van der Waals surface area contributed by atoms with Crippen LogP contribution < -0.4 is 5.32 Å².